The minimum absolute atomic E-state index is 0.106. The lowest BCUT2D eigenvalue weighted by atomic mass is 10.1. The van der Waals surface area contributed by atoms with Crippen molar-refractivity contribution in [1.82, 2.24) is 0 Å². The van der Waals surface area contributed by atoms with Gasteiger partial charge in [0.15, 0.2) is 0 Å². The number of anilines is 1. The van der Waals surface area contributed by atoms with E-state index >= 15 is 0 Å². The fourth-order valence-electron chi connectivity index (χ4n) is 1.72. The zero-order valence-electron chi connectivity index (χ0n) is 11.1. The molecule has 0 aromatic heterocycles. The first-order valence-electron chi connectivity index (χ1n) is 6.09. The molecule has 0 spiro atoms. The van der Waals surface area contributed by atoms with E-state index in [4.69, 9.17) is 10.5 Å². The first kappa shape index (κ1) is 15.8. The Hall–Kier alpha value is -1.27. The quantitative estimate of drug-likeness (QED) is 0.812. The highest BCUT2D eigenvalue weighted by atomic mass is 19.4. The van der Waals surface area contributed by atoms with Crippen LogP contribution in [0.5, 0.6) is 0 Å². The second-order valence-electron chi connectivity index (χ2n) is 4.16. The highest BCUT2D eigenvalue weighted by molar-refractivity contribution is 5.51. The molecular weight excluding hydrogens is 257 g/mol. The third-order valence-corrected chi connectivity index (χ3v) is 2.83. The lowest BCUT2D eigenvalue weighted by Crippen LogP contribution is -2.23. The minimum Gasteiger partial charge on any atom is -0.380 e. The van der Waals surface area contributed by atoms with Crippen LogP contribution in [0, 0.1) is 0 Å². The van der Waals surface area contributed by atoms with Crippen molar-refractivity contribution in [3.63, 3.8) is 0 Å². The van der Waals surface area contributed by atoms with Gasteiger partial charge in [-0.2, -0.15) is 13.2 Å². The molecule has 0 saturated heterocycles. The van der Waals surface area contributed by atoms with Gasteiger partial charge in [-0.05, 0) is 24.6 Å². The van der Waals surface area contributed by atoms with Gasteiger partial charge >= 0.3 is 6.18 Å². The van der Waals surface area contributed by atoms with E-state index < -0.39 is 11.7 Å². The van der Waals surface area contributed by atoms with Crippen LogP contribution < -0.4 is 10.6 Å². The molecule has 0 unspecified atom stereocenters. The van der Waals surface area contributed by atoms with E-state index in [2.05, 4.69) is 0 Å². The third kappa shape index (κ3) is 4.40. The average Bonchev–Trinajstić information content (AvgIpc) is 2.37. The van der Waals surface area contributed by atoms with Gasteiger partial charge < -0.3 is 15.4 Å². The number of ether oxygens (including phenoxy) is 1. The van der Waals surface area contributed by atoms with E-state index in [1.54, 1.807) is 18.0 Å². The molecule has 19 heavy (non-hydrogen) atoms. The van der Waals surface area contributed by atoms with Crippen molar-refractivity contribution >= 4 is 5.69 Å². The van der Waals surface area contributed by atoms with Gasteiger partial charge in [0, 0.05) is 32.4 Å². The van der Waals surface area contributed by atoms with Gasteiger partial charge in [-0.3, -0.25) is 0 Å². The Morgan fingerprint density at radius 3 is 2.53 bits per heavy atom. The van der Waals surface area contributed by atoms with Crippen LogP contribution in [0.4, 0.5) is 18.9 Å². The molecule has 3 nitrogen and oxygen atoms in total. The summed E-state index contributed by atoms with van der Waals surface area (Å²) in [5, 5.41) is 0. The molecule has 2 N–H and O–H groups in total. The van der Waals surface area contributed by atoms with E-state index in [-0.39, 0.29) is 12.1 Å². The van der Waals surface area contributed by atoms with E-state index in [0.717, 1.165) is 6.07 Å². The second kappa shape index (κ2) is 6.77. The molecule has 0 amide bonds. The zero-order valence-corrected chi connectivity index (χ0v) is 11.1. The summed E-state index contributed by atoms with van der Waals surface area (Å²) in [6.45, 7) is 3.35. The normalized spacial score (nSPS) is 11.7. The summed E-state index contributed by atoms with van der Waals surface area (Å²) >= 11 is 0. The molecule has 0 heterocycles. The molecule has 0 saturated carbocycles. The topological polar surface area (TPSA) is 38.5 Å². The maximum Gasteiger partial charge on any atom is 0.416 e. The van der Waals surface area contributed by atoms with E-state index in [9.17, 15) is 13.2 Å². The van der Waals surface area contributed by atoms with Crippen LogP contribution in [-0.4, -0.2) is 26.8 Å². The molecular formula is C13H19F3N2O. The Balaban J connectivity index is 2.91. The summed E-state index contributed by atoms with van der Waals surface area (Å²) in [5.41, 5.74) is 5.28. The monoisotopic (exact) mass is 276 g/mol. The summed E-state index contributed by atoms with van der Waals surface area (Å²) in [6.07, 6.45) is -4.38. The van der Waals surface area contributed by atoms with Gasteiger partial charge in [0.2, 0.25) is 0 Å². The van der Waals surface area contributed by atoms with Gasteiger partial charge in [-0.25, -0.2) is 0 Å². The third-order valence-electron chi connectivity index (χ3n) is 2.83. The Bertz CT molecular complexity index is 407. The van der Waals surface area contributed by atoms with Gasteiger partial charge in [-0.1, -0.05) is 6.07 Å². The van der Waals surface area contributed by atoms with Crippen molar-refractivity contribution in [2.45, 2.75) is 19.6 Å². The van der Waals surface area contributed by atoms with Crippen molar-refractivity contribution in [1.29, 1.82) is 0 Å². The van der Waals surface area contributed by atoms with Gasteiger partial charge in [-0.15, -0.1) is 0 Å². The van der Waals surface area contributed by atoms with E-state index in [1.807, 2.05) is 6.92 Å². The molecule has 0 atom stereocenters. The van der Waals surface area contributed by atoms with Gasteiger partial charge in [0.05, 0.1) is 12.2 Å². The van der Waals surface area contributed by atoms with Crippen LogP contribution in [0.15, 0.2) is 18.2 Å². The number of hydrogen-bond acceptors (Lipinski definition) is 3. The van der Waals surface area contributed by atoms with Crippen molar-refractivity contribution < 1.29 is 17.9 Å². The Morgan fingerprint density at radius 2 is 2.00 bits per heavy atom. The molecule has 0 radical (unpaired) electrons. The predicted octanol–water partition coefficient (Wildman–Crippen LogP) is 2.64. The summed E-state index contributed by atoms with van der Waals surface area (Å²) in [7, 11) is 1.73. The van der Waals surface area contributed by atoms with Crippen LogP contribution in [0.2, 0.25) is 0 Å². The zero-order chi connectivity index (χ0) is 14.5. The number of benzene rings is 1. The molecule has 1 aromatic carbocycles. The van der Waals surface area contributed by atoms with Crippen LogP contribution in [-0.2, 0) is 17.5 Å². The standard InChI is InChI=1S/C13H19F3N2O/c1-3-19-7-6-18(2)11-5-4-10(9-17)12(8-11)13(14,15)16/h4-5,8H,3,6-7,9,17H2,1-2H3. The van der Waals surface area contributed by atoms with Gasteiger partial charge in [0.25, 0.3) is 0 Å². The molecule has 1 rings (SSSR count). The van der Waals surface area contributed by atoms with Crippen LogP contribution in [0.3, 0.4) is 0 Å². The maximum absolute atomic E-state index is 12.9. The van der Waals surface area contributed by atoms with Crippen molar-refractivity contribution in [2.24, 2.45) is 5.73 Å². The molecule has 6 heteroatoms. The fraction of sp³-hybridized carbons (Fsp3) is 0.538. The number of halogens is 3. The molecule has 0 aliphatic carbocycles. The first-order chi connectivity index (χ1) is 8.90. The summed E-state index contributed by atoms with van der Waals surface area (Å²) in [4.78, 5) is 1.73. The number of nitrogens with zero attached hydrogens (tertiary/aromatic N) is 1. The SMILES string of the molecule is CCOCCN(C)c1ccc(CN)c(C(F)(F)F)c1. The minimum atomic E-state index is -4.38. The van der Waals surface area contributed by atoms with Crippen molar-refractivity contribution in [3.05, 3.63) is 29.3 Å². The molecule has 1 aromatic rings. The lowest BCUT2D eigenvalue weighted by Gasteiger charge is -2.21. The number of hydrogen-bond donors (Lipinski definition) is 1. The number of alkyl halides is 3. The number of likely N-dealkylation sites (N-methyl/N-ethyl adjacent to an activating group) is 1. The van der Waals surface area contributed by atoms with Crippen molar-refractivity contribution in [3.8, 4) is 0 Å². The highest BCUT2D eigenvalue weighted by Gasteiger charge is 2.33. The molecule has 0 aliphatic heterocycles. The Labute approximate surface area is 111 Å². The molecule has 0 fully saturated rings. The number of rotatable bonds is 6. The highest BCUT2D eigenvalue weighted by Crippen LogP contribution is 2.34. The number of nitrogens with two attached hydrogens (primary N) is 1. The van der Waals surface area contributed by atoms with E-state index in [0.29, 0.717) is 25.4 Å². The van der Waals surface area contributed by atoms with E-state index in [1.165, 1.54) is 6.07 Å². The summed E-state index contributed by atoms with van der Waals surface area (Å²) < 4.78 is 43.8. The predicted molar refractivity (Wildman–Crippen MR) is 69.1 cm³/mol. The lowest BCUT2D eigenvalue weighted by molar-refractivity contribution is -0.138. The smallest absolute Gasteiger partial charge is 0.380 e. The molecule has 0 aliphatic rings. The maximum atomic E-state index is 12.9. The Kier molecular flexibility index (Phi) is 5.62. The molecule has 108 valence electrons. The van der Waals surface area contributed by atoms with Crippen molar-refractivity contribution in [2.75, 3.05) is 31.7 Å². The van der Waals surface area contributed by atoms with Gasteiger partial charge in [0.1, 0.15) is 0 Å². The summed E-state index contributed by atoms with van der Waals surface area (Å²) in [5.74, 6) is 0. The fourth-order valence-corrected chi connectivity index (χ4v) is 1.72. The first-order valence-corrected chi connectivity index (χ1v) is 6.09. The Morgan fingerprint density at radius 1 is 1.32 bits per heavy atom. The molecule has 0 bridgehead atoms. The van der Waals surface area contributed by atoms with Crippen LogP contribution in [0.25, 0.3) is 0 Å². The second-order valence-corrected chi connectivity index (χ2v) is 4.16. The average molecular weight is 276 g/mol. The summed E-state index contributed by atoms with van der Waals surface area (Å²) in [6, 6.07) is 4.20. The van der Waals surface area contributed by atoms with Crippen LogP contribution in [0.1, 0.15) is 18.1 Å². The van der Waals surface area contributed by atoms with Crippen LogP contribution >= 0.6 is 0 Å². The largest absolute Gasteiger partial charge is 0.416 e.